The quantitative estimate of drug-likeness (QED) is 0.610. The average molecular weight is 337 g/mol. The number of carbonyl (C=O) groups is 1. The molecule has 0 radical (unpaired) electrons. The molecule has 1 aliphatic rings. The van der Waals surface area contributed by atoms with Crippen molar-refractivity contribution < 1.29 is 27.2 Å². The van der Waals surface area contributed by atoms with Crippen LogP contribution in [0.2, 0.25) is 0 Å². The van der Waals surface area contributed by atoms with Crippen molar-refractivity contribution in [2.24, 2.45) is 0 Å². The molecule has 0 aromatic heterocycles. The highest BCUT2D eigenvalue weighted by Crippen LogP contribution is 2.32. The van der Waals surface area contributed by atoms with Gasteiger partial charge >= 0.3 is 0 Å². The fourth-order valence-corrected chi connectivity index (χ4v) is 2.61. The van der Waals surface area contributed by atoms with Crippen LogP contribution < -0.4 is 10.1 Å². The molecule has 1 aliphatic heterocycles. The minimum atomic E-state index is -4.37. The standard InChI is InChI=1S/C15H15NO6S/c17-15(9-23(18,19)20)16-13-5-6-14(22-8-10-7-21-10)12-4-2-1-3-11(12)13/h1-6,10H,7-9H2,(H,16,17)(H,18,19,20). The van der Waals surface area contributed by atoms with Crippen molar-refractivity contribution in [3.63, 3.8) is 0 Å². The minimum absolute atomic E-state index is 0.128. The SMILES string of the molecule is O=C(CS(=O)(=O)O)Nc1ccc(OCC2CO2)c2ccccc12. The molecular formula is C15H15NO6S. The van der Waals surface area contributed by atoms with Gasteiger partial charge in [-0.1, -0.05) is 24.3 Å². The second kappa shape index (κ2) is 6.15. The molecule has 2 N–H and O–H groups in total. The van der Waals surface area contributed by atoms with Crippen LogP contribution in [0, 0.1) is 0 Å². The molecule has 1 saturated heterocycles. The van der Waals surface area contributed by atoms with Crippen LogP contribution in [0.5, 0.6) is 5.75 Å². The van der Waals surface area contributed by atoms with Crippen molar-refractivity contribution in [3.05, 3.63) is 36.4 Å². The maximum atomic E-state index is 11.7. The van der Waals surface area contributed by atoms with Gasteiger partial charge in [-0.05, 0) is 12.1 Å². The number of anilines is 1. The molecule has 1 heterocycles. The summed E-state index contributed by atoms with van der Waals surface area (Å²) in [7, 11) is -4.37. The summed E-state index contributed by atoms with van der Waals surface area (Å²) in [5.41, 5.74) is 0.448. The Kier molecular flexibility index (Phi) is 4.20. The summed E-state index contributed by atoms with van der Waals surface area (Å²) < 4.78 is 41.1. The number of epoxide rings is 1. The van der Waals surface area contributed by atoms with Crippen LogP contribution in [-0.4, -0.2) is 43.9 Å². The lowest BCUT2D eigenvalue weighted by atomic mass is 10.1. The molecule has 0 aliphatic carbocycles. The number of benzene rings is 2. The van der Waals surface area contributed by atoms with Crippen molar-refractivity contribution in [3.8, 4) is 5.75 Å². The first kappa shape index (κ1) is 15.7. The Labute approximate surface area is 132 Å². The van der Waals surface area contributed by atoms with Crippen LogP contribution >= 0.6 is 0 Å². The maximum absolute atomic E-state index is 11.7. The number of hydrogen-bond donors (Lipinski definition) is 2. The Morgan fingerprint density at radius 1 is 1.26 bits per heavy atom. The van der Waals surface area contributed by atoms with E-state index < -0.39 is 21.8 Å². The first-order valence-electron chi connectivity index (χ1n) is 6.93. The lowest BCUT2D eigenvalue weighted by Crippen LogP contribution is -2.22. The Hall–Kier alpha value is -2.16. The van der Waals surface area contributed by atoms with Gasteiger partial charge in [0.2, 0.25) is 5.91 Å². The normalized spacial score (nSPS) is 17.0. The van der Waals surface area contributed by atoms with Crippen LogP contribution in [0.4, 0.5) is 5.69 Å². The van der Waals surface area contributed by atoms with Crippen LogP contribution in [-0.2, 0) is 19.6 Å². The molecule has 1 atom stereocenters. The smallest absolute Gasteiger partial charge is 0.274 e. The lowest BCUT2D eigenvalue weighted by molar-refractivity contribution is -0.113. The van der Waals surface area contributed by atoms with Crippen molar-refractivity contribution in [1.29, 1.82) is 0 Å². The van der Waals surface area contributed by atoms with Crippen LogP contribution in [0.1, 0.15) is 0 Å². The van der Waals surface area contributed by atoms with Gasteiger partial charge in [0.1, 0.15) is 18.5 Å². The first-order valence-corrected chi connectivity index (χ1v) is 8.54. The highest BCUT2D eigenvalue weighted by molar-refractivity contribution is 7.86. The van der Waals surface area contributed by atoms with Gasteiger partial charge in [0, 0.05) is 16.5 Å². The molecule has 0 saturated carbocycles. The molecule has 8 heteroatoms. The molecule has 3 rings (SSSR count). The zero-order valence-corrected chi connectivity index (χ0v) is 12.9. The molecule has 0 bridgehead atoms. The second-order valence-electron chi connectivity index (χ2n) is 5.20. The topological polar surface area (TPSA) is 105 Å². The maximum Gasteiger partial charge on any atom is 0.274 e. The third-order valence-corrected chi connectivity index (χ3v) is 3.93. The van der Waals surface area contributed by atoms with E-state index in [-0.39, 0.29) is 6.10 Å². The molecule has 1 amide bonds. The van der Waals surface area contributed by atoms with Crippen LogP contribution in [0.25, 0.3) is 10.8 Å². The van der Waals surface area contributed by atoms with Crippen molar-refractivity contribution in [2.75, 3.05) is 24.3 Å². The monoisotopic (exact) mass is 337 g/mol. The molecule has 122 valence electrons. The first-order chi connectivity index (χ1) is 10.9. The molecule has 7 nitrogen and oxygen atoms in total. The van der Waals surface area contributed by atoms with Gasteiger partial charge in [-0.25, -0.2) is 0 Å². The third kappa shape index (κ3) is 4.19. The van der Waals surface area contributed by atoms with Gasteiger partial charge in [0.25, 0.3) is 10.1 Å². The molecular weight excluding hydrogens is 322 g/mol. The summed E-state index contributed by atoms with van der Waals surface area (Å²) >= 11 is 0. The van der Waals surface area contributed by atoms with Gasteiger partial charge in [-0.15, -0.1) is 0 Å². The predicted octanol–water partition coefficient (Wildman–Crippen LogP) is 1.44. The summed E-state index contributed by atoms with van der Waals surface area (Å²) in [6.45, 7) is 1.15. The van der Waals surface area contributed by atoms with Gasteiger partial charge in [-0.2, -0.15) is 8.42 Å². The second-order valence-corrected chi connectivity index (χ2v) is 6.65. The van der Waals surface area contributed by atoms with E-state index in [2.05, 4.69) is 5.32 Å². The van der Waals surface area contributed by atoms with Crippen molar-refractivity contribution in [1.82, 2.24) is 0 Å². The summed E-state index contributed by atoms with van der Waals surface area (Å²) in [6.07, 6.45) is 0.128. The van der Waals surface area contributed by atoms with Gasteiger partial charge in [0.15, 0.2) is 5.75 Å². The number of fused-ring (bicyclic) bond motifs is 1. The minimum Gasteiger partial charge on any atom is -0.490 e. The predicted molar refractivity (Wildman–Crippen MR) is 84.2 cm³/mol. The van der Waals surface area contributed by atoms with E-state index >= 15 is 0 Å². The van der Waals surface area contributed by atoms with Gasteiger partial charge in [-0.3, -0.25) is 9.35 Å². The van der Waals surface area contributed by atoms with Crippen LogP contribution in [0.3, 0.4) is 0 Å². The largest absolute Gasteiger partial charge is 0.490 e. The van der Waals surface area contributed by atoms with Crippen molar-refractivity contribution >= 4 is 32.5 Å². The summed E-state index contributed by atoms with van der Waals surface area (Å²) in [4.78, 5) is 11.7. The molecule has 1 unspecified atom stereocenters. The fourth-order valence-electron chi connectivity index (χ4n) is 2.21. The number of nitrogens with one attached hydrogen (secondary N) is 1. The Balaban J connectivity index is 1.86. The van der Waals surface area contributed by atoms with E-state index in [0.29, 0.717) is 30.0 Å². The van der Waals surface area contributed by atoms with Gasteiger partial charge < -0.3 is 14.8 Å². The molecule has 23 heavy (non-hydrogen) atoms. The van der Waals surface area contributed by atoms with E-state index in [1.54, 1.807) is 24.3 Å². The molecule has 0 spiro atoms. The zero-order valence-electron chi connectivity index (χ0n) is 12.1. The average Bonchev–Trinajstić information content (AvgIpc) is 3.28. The van der Waals surface area contributed by atoms with E-state index in [4.69, 9.17) is 14.0 Å². The van der Waals surface area contributed by atoms with Crippen molar-refractivity contribution in [2.45, 2.75) is 6.10 Å². The molecule has 2 aromatic carbocycles. The number of amides is 1. The molecule has 2 aromatic rings. The Morgan fingerprint density at radius 2 is 1.96 bits per heavy atom. The number of ether oxygens (including phenoxy) is 2. The number of carbonyl (C=O) groups excluding carboxylic acids is 1. The zero-order chi connectivity index (χ0) is 16.4. The van der Waals surface area contributed by atoms with E-state index in [1.165, 1.54) is 0 Å². The van der Waals surface area contributed by atoms with E-state index in [0.717, 1.165) is 5.39 Å². The number of rotatable bonds is 6. The molecule has 1 fully saturated rings. The lowest BCUT2D eigenvalue weighted by Gasteiger charge is -2.12. The summed E-state index contributed by atoms with van der Waals surface area (Å²) in [5.74, 6) is -1.14. The summed E-state index contributed by atoms with van der Waals surface area (Å²) in [6, 6.07) is 10.6. The van der Waals surface area contributed by atoms with E-state index in [9.17, 15) is 13.2 Å². The van der Waals surface area contributed by atoms with E-state index in [1.807, 2.05) is 12.1 Å². The summed E-state index contributed by atoms with van der Waals surface area (Å²) in [5, 5.41) is 3.99. The Morgan fingerprint density at radius 3 is 2.61 bits per heavy atom. The highest BCUT2D eigenvalue weighted by atomic mass is 32.2. The Bertz CT molecular complexity index is 844. The number of hydrogen-bond acceptors (Lipinski definition) is 5. The fraction of sp³-hybridized carbons (Fsp3) is 0.267. The third-order valence-electron chi connectivity index (χ3n) is 3.30. The van der Waals surface area contributed by atoms with Crippen LogP contribution in [0.15, 0.2) is 36.4 Å². The highest BCUT2D eigenvalue weighted by Gasteiger charge is 2.23. The van der Waals surface area contributed by atoms with Gasteiger partial charge in [0.05, 0.1) is 6.61 Å².